The molecular weight excluding hydrogens is 322 g/mol. The topological polar surface area (TPSA) is 50.7 Å². The smallest absolute Gasteiger partial charge is 0.271 e. The lowest BCUT2D eigenvalue weighted by Gasteiger charge is -2.26. The van der Waals surface area contributed by atoms with Gasteiger partial charge in [0.1, 0.15) is 19.1 Å². The molecule has 6 heteroatoms. The maximum absolute atomic E-state index is 12.7. The van der Waals surface area contributed by atoms with Crippen LogP contribution in [-0.4, -0.2) is 11.2 Å². The van der Waals surface area contributed by atoms with Crippen molar-refractivity contribution in [1.82, 2.24) is 4.57 Å². The average molecular weight is 339 g/mol. The van der Waals surface area contributed by atoms with E-state index < -0.39 is 0 Å². The summed E-state index contributed by atoms with van der Waals surface area (Å²) in [6.45, 7) is 5.23. The lowest BCUT2D eigenvalue weighted by Crippen LogP contribution is -2.42. The third kappa shape index (κ3) is 2.69. The van der Waals surface area contributed by atoms with Crippen LogP contribution in [0.2, 0.25) is 0 Å². The third-order valence-corrected chi connectivity index (χ3v) is 5.01. The normalized spacial score (nSPS) is 14.6. The molecule has 0 amide bonds. The molecule has 1 aliphatic heterocycles. The number of furan rings is 1. The van der Waals surface area contributed by atoms with E-state index in [1.165, 1.54) is 22.5 Å². The summed E-state index contributed by atoms with van der Waals surface area (Å²) in [5.74, 6) is 0.678. The van der Waals surface area contributed by atoms with Gasteiger partial charge in [0.25, 0.3) is 5.56 Å². The van der Waals surface area contributed by atoms with Crippen LogP contribution in [0.4, 0.5) is 5.69 Å². The first-order chi connectivity index (χ1) is 11.6. The van der Waals surface area contributed by atoms with Gasteiger partial charge in [0.05, 0.1) is 10.8 Å². The predicted molar refractivity (Wildman–Crippen MR) is 94.9 cm³/mol. The monoisotopic (exact) mass is 339 g/mol. The van der Waals surface area contributed by atoms with Crippen molar-refractivity contribution in [3.63, 3.8) is 0 Å². The van der Waals surface area contributed by atoms with E-state index in [0.717, 1.165) is 10.5 Å². The lowest BCUT2D eigenvalue weighted by atomic mass is 10.1. The lowest BCUT2D eigenvalue weighted by molar-refractivity contribution is 0.556. The molecule has 5 nitrogen and oxygen atoms in total. The van der Waals surface area contributed by atoms with Crippen molar-refractivity contribution in [3.05, 3.63) is 73.2 Å². The Hall–Kier alpha value is -2.60. The van der Waals surface area contributed by atoms with E-state index in [1.54, 1.807) is 16.9 Å². The van der Waals surface area contributed by atoms with Crippen molar-refractivity contribution in [1.29, 1.82) is 0 Å². The molecule has 0 unspecified atom stereocenters. The fourth-order valence-corrected chi connectivity index (χ4v) is 3.85. The van der Waals surface area contributed by atoms with Gasteiger partial charge in [0.2, 0.25) is 0 Å². The van der Waals surface area contributed by atoms with E-state index >= 15 is 0 Å². The zero-order valence-corrected chi connectivity index (χ0v) is 14.3. The van der Waals surface area contributed by atoms with Crippen molar-refractivity contribution in [3.8, 4) is 0 Å². The summed E-state index contributed by atoms with van der Waals surface area (Å²) in [5.41, 5.74) is 3.49. The summed E-state index contributed by atoms with van der Waals surface area (Å²) in [6, 6.07) is 10.0. The van der Waals surface area contributed by atoms with Gasteiger partial charge in [-0.2, -0.15) is 0 Å². The van der Waals surface area contributed by atoms with Crippen molar-refractivity contribution >= 4 is 23.1 Å². The fraction of sp³-hybridized carbons (Fsp3) is 0.222. The van der Waals surface area contributed by atoms with Crippen LogP contribution < -0.4 is 19.8 Å². The first kappa shape index (κ1) is 15.0. The van der Waals surface area contributed by atoms with Gasteiger partial charge >= 0.3 is 0 Å². The molecule has 3 aromatic rings. The highest BCUT2D eigenvalue weighted by Gasteiger charge is 2.16. The molecule has 2 aromatic heterocycles. The van der Waals surface area contributed by atoms with Gasteiger partial charge in [0, 0.05) is 11.8 Å². The second-order valence-corrected chi connectivity index (χ2v) is 6.98. The number of fused-ring (bicyclic) bond motifs is 1. The molecule has 1 aromatic carbocycles. The number of anilines is 1. The maximum Gasteiger partial charge on any atom is 0.271 e. The number of hydrogen-bond donors (Lipinski definition) is 0. The minimum absolute atomic E-state index is 0.0239. The van der Waals surface area contributed by atoms with Gasteiger partial charge in [-0.05, 0) is 49.2 Å². The Morgan fingerprint density at radius 3 is 2.75 bits per heavy atom. The van der Waals surface area contributed by atoms with Gasteiger partial charge in [-0.15, -0.1) is 0 Å². The number of aryl methyl sites for hydroxylation is 2. The molecular formula is C18H17N3O2S. The molecule has 24 heavy (non-hydrogen) atoms. The summed E-state index contributed by atoms with van der Waals surface area (Å²) in [6.07, 6.45) is 3.37. The molecule has 122 valence electrons. The standard InChI is InChI=1S/C18H17N3O2S/c1-12-6-13(2)8-14(7-12)20-10-19-18-21(11-20)17(22)16(24-18)9-15-4-3-5-23-15/h3-9H,10-11H2,1-2H3/b16-9+. The highest BCUT2D eigenvalue weighted by molar-refractivity contribution is 7.07. The molecule has 0 bridgehead atoms. The van der Waals surface area contributed by atoms with E-state index in [2.05, 4.69) is 41.9 Å². The molecule has 1 aliphatic rings. The van der Waals surface area contributed by atoms with Crippen LogP contribution in [0, 0.1) is 13.8 Å². The Balaban J connectivity index is 1.74. The largest absolute Gasteiger partial charge is 0.465 e. The molecule has 0 radical (unpaired) electrons. The van der Waals surface area contributed by atoms with E-state index in [-0.39, 0.29) is 5.56 Å². The Morgan fingerprint density at radius 1 is 1.25 bits per heavy atom. The fourth-order valence-electron chi connectivity index (χ4n) is 2.91. The van der Waals surface area contributed by atoms with Crippen molar-refractivity contribution in [2.45, 2.75) is 20.5 Å². The Kier molecular flexibility index (Phi) is 3.61. The highest BCUT2D eigenvalue weighted by Crippen LogP contribution is 2.19. The van der Waals surface area contributed by atoms with Crippen LogP contribution in [0.25, 0.3) is 6.08 Å². The second-order valence-electron chi connectivity index (χ2n) is 5.97. The van der Waals surface area contributed by atoms with Crippen molar-refractivity contribution in [2.24, 2.45) is 4.99 Å². The van der Waals surface area contributed by atoms with Crippen LogP contribution >= 0.6 is 11.3 Å². The number of hydrogen-bond acceptors (Lipinski definition) is 5. The molecule has 0 atom stereocenters. The van der Waals surface area contributed by atoms with E-state index in [0.29, 0.717) is 23.6 Å². The Labute approximate surface area is 142 Å². The molecule has 0 fully saturated rings. The zero-order valence-electron chi connectivity index (χ0n) is 13.5. The van der Waals surface area contributed by atoms with Crippen LogP contribution in [0.1, 0.15) is 16.9 Å². The van der Waals surface area contributed by atoms with Crippen LogP contribution in [-0.2, 0) is 6.67 Å². The van der Waals surface area contributed by atoms with Crippen LogP contribution in [0.3, 0.4) is 0 Å². The number of nitrogens with zero attached hydrogens (tertiary/aromatic N) is 3. The summed E-state index contributed by atoms with van der Waals surface area (Å²) in [5, 5.41) is 0. The minimum Gasteiger partial charge on any atom is -0.465 e. The Bertz CT molecular complexity index is 1040. The van der Waals surface area contributed by atoms with Gasteiger partial charge in [-0.1, -0.05) is 17.4 Å². The number of aromatic nitrogens is 1. The molecule has 0 saturated carbocycles. The van der Waals surface area contributed by atoms with Gasteiger partial charge in [0.15, 0.2) is 4.80 Å². The van der Waals surface area contributed by atoms with Crippen molar-refractivity contribution < 1.29 is 4.42 Å². The summed E-state index contributed by atoms with van der Waals surface area (Å²) in [7, 11) is 0. The summed E-state index contributed by atoms with van der Waals surface area (Å²) < 4.78 is 7.67. The quantitative estimate of drug-likeness (QED) is 0.718. The first-order valence-electron chi connectivity index (χ1n) is 7.73. The van der Waals surface area contributed by atoms with E-state index in [1.807, 2.05) is 12.1 Å². The zero-order chi connectivity index (χ0) is 16.7. The summed E-state index contributed by atoms with van der Waals surface area (Å²) in [4.78, 5) is 20.1. The number of thiazole rings is 1. The molecule has 0 N–H and O–H groups in total. The molecule has 0 spiro atoms. The summed E-state index contributed by atoms with van der Waals surface area (Å²) >= 11 is 1.41. The molecule has 0 aliphatic carbocycles. The number of rotatable bonds is 2. The third-order valence-electron chi connectivity index (χ3n) is 3.97. The first-order valence-corrected chi connectivity index (χ1v) is 8.54. The van der Waals surface area contributed by atoms with Gasteiger partial charge in [-0.3, -0.25) is 9.36 Å². The van der Waals surface area contributed by atoms with Crippen LogP contribution in [0.15, 0.2) is 50.8 Å². The molecule has 0 saturated heterocycles. The maximum atomic E-state index is 12.7. The van der Waals surface area contributed by atoms with Crippen LogP contribution in [0.5, 0.6) is 0 Å². The minimum atomic E-state index is -0.0239. The average Bonchev–Trinajstić information content (AvgIpc) is 3.16. The van der Waals surface area contributed by atoms with Gasteiger partial charge in [-0.25, -0.2) is 4.99 Å². The van der Waals surface area contributed by atoms with Crippen molar-refractivity contribution in [2.75, 3.05) is 11.6 Å². The Morgan fingerprint density at radius 2 is 2.04 bits per heavy atom. The van der Waals surface area contributed by atoms with Gasteiger partial charge < -0.3 is 9.32 Å². The molecule has 3 heterocycles. The second kappa shape index (κ2) is 5.79. The highest BCUT2D eigenvalue weighted by atomic mass is 32.1. The SMILES string of the molecule is Cc1cc(C)cc(N2CN=c3s/c(=C/c4ccco4)c(=O)n3C2)c1. The van der Waals surface area contributed by atoms with E-state index in [9.17, 15) is 4.79 Å². The van der Waals surface area contributed by atoms with E-state index in [4.69, 9.17) is 4.42 Å². The number of benzene rings is 1. The molecule has 4 rings (SSSR count). The predicted octanol–water partition coefficient (Wildman–Crippen LogP) is 2.00.